The molecule has 2 aliphatic heterocycles. The minimum atomic E-state index is -0.591. The number of rotatable bonds is 6. The van der Waals surface area contributed by atoms with E-state index in [2.05, 4.69) is 24.5 Å². The van der Waals surface area contributed by atoms with Crippen LogP contribution >= 0.6 is 0 Å². The van der Waals surface area contributed by atoms with Gasteiger partial charge in [0, 0.05) is 13.2 Å². The fraction of sp³-hybridized carbons (Fsp3) is 0.611. The minimum absolute atomic E-state index is 0.317. The van der Waals surface area contributed by atoms with Crippen LogP contribution in [-0.2, 0) is 4.74 Å². The van der Waals surface area contributed by atoms with Gasteiger partial charge in [-0.05, 0) is 56.3 Å². The van der Waals surface area contributed by atoms with Gasteiger partial charge in [0.25, 0.3) is 0 Å². The van der Waals surface area contributed by atoms with Gasteiger partial charge in [-0.2, -0.15) is 0 Å². The highest BCUT2D eigenvalue weighted by Gasteiger charge is 2.37. The maximum atomic E-state index is 11.0. The third-order valence-electron chi connectivity index (χ3n) is 5.41. The monoisotopic (exact) mass is 360 g/mol. The Bertz CT molecular complexity index is 754. The Hall–Kier alpha value is -2.19. The zero-order chi connectivity index (χ0) is 17.8. The van der Waals surface area contributed by atoms with Crippen molar-refractivity contribution in [2.24, 2.45) is 5.41 Å². The summed E-state index contributed by atoms with van der Waals surface area (Å²) in [6.07, 6.45) is 6.36. The smallest absolute Gasteiger partial charge is 0.439 e. The van der Waals surface area contributed by atoms with Crippen LogP contribution in [0.3, 0.4) is 0 Å². The lowest BCUT2D eigenvalue weighted by Gasteiger charge is -2.38. The first-order valence-electron chi connectivity index (χ1n) is 9.18. The predicted molar refractivity (Wildman–Crippen MR) is 94.0 cm³/mol. The molecule has 26 heavy (non-hydrogen) atoms. The van der Waals surface area contributed by atoms with Gasteiger partial charge in [-0.1, -0.05) is 5.16 Å². The van der Waals surface area contributed by atoms with Gasteiger partial charge in [-0.25, -0.2) is 9.78 Å². The lowest BCUT2D eigenvalue weighted by atomic mass is 9.78. The van der Waals surface area contributed by atoms with Crippen molar-refractivity contribution in [2.45, 2.75) is 25.7 Å². The lowest BCUT2D eigenvalue weighted by Crippen LogP contribution is -2.41. The molecular weight excluding hydrogens is 336 g/mol. The number of aromatic amines is 1. The van der Waals surface area contributed by atoms with Crippen LogP contribution in [0.1, 0.15) is 25.7 Å². The summed E-state index contributed by atoms with van der Waals surface area (Å²) >= 11 is 0. The summed E-state index contributed by atoms with van der Waals surface area (Å²) in [6, 6.07) is 3.57. The maximum absolute atomic E-state index is 11.0. The molecule has 140 valence electrons. The van der Waals surface area contributed by atoms with Crippen LogP contribution in [0, 0.1) is 5.41 Å². The Labute approximate surface area is 151 Å². The molecule has 8 nitrogen and oxygen atoms in total. The molecule has 0 radical (unpaired) electrons. The van der Waals surface area contributed by atoms with Crippen LogP contribution in [0.25, 0.3) is 11.5 Å². The molecule has 4 rings (SSSR count). The fourth-order valence-electron chi connectivity index (χ4n) is 3.72. The Morgan fingerprint density at radius 2 is 2.15 bits per heavy atom. The van der Waals surface area contributed by atoms with Gasteiger partial charge < -0.3 is 14.4 Å². The van der Waals surface area contributed by atoms with E-state index in [1.165, 1.54) is 19.3 Å². The summed E-state index contributed by atoms with van der Waals surface area (Å²) in [7, 11) is 0. The summed E-state index contributed by atoms with van der Waals surface area (Å²) in [5, 5.41) is 3.61. The van der Waals surface area contributed by atoms with Crippen molar-refractivity contribution < 1.29 is 14.0 Å². The number of piperidine rings is 1. The molecule has 2 fully saturated rings. The number of aromatic nitrogens is 3. The van der Waals surface area contributed by atoms with Gasteiger partial charge in [-0.15, -0.1) is 0 Å². The second-order valence-electron chi connectivity index (χ2n) is 7.17. The minimum Gasteiger partial charge on any atom is -0.492 e. The van der Waals surface area contributed by atoms with Crippen LogP contribution in [-0.4, -0.2) is 59.5 Å². The molecular formula is C18H24N4O4. The predicted octanol–water partition coefficient (Wildman–Crippen LogP) is 1.70. The first-order valence-corrected chi connectivity index (χ1v) is 9.18. The Morgan fingerprint density at radius 1 is 1.27 bits per heavy atom. The SMILES string of the molecule is O=c1[nH]c(-c2ccc(OCCCN3CCC4(CCOC4)CC3)cn2)no1. The van der Waals surface area contributed by atoms with Gasteiger partial charge in [0.2, 0.25) is 5.82 Å². The molecule has 0 saturated carbocycles. The van der Waals surface area contributed by atoms with Crippen molar-refractivity contribution in [3.8, 4) is 17.3 Å². The molecule has 0 unspecified atom stereocenters. The molecule has 1 spiro atoms. The van der Waals surface area contributed by atoms with E-state index in [1.54, 1.807) is 12.3 Å². The Morgan fingerprint density at radius 3 is 2.81 bits per heavy atom. The van der Waals surface area contributed by atoms with E-state index >= 15 is 0 Å². The number of likely N-dealkylation sites (tertiary alicyclic amines) is 1. The van der Waals surface area contributed by atoms with E-state index in [-0.39, 0.29) is 0 Å². The molecule has 4 heterocycles. The van der Waals surface area contributed by atoms with Crippen molar-refractivity contribution in [1.82, 2.24) is 20.0 Å². The average Bonchev–Trinajstić information content (AvgIpc) is 3.30. The highest BCUT2D eigenvalue weighted by atomic mass is 16.5. The van der Waals surface area contributed by atoms with E-state index < -0.39 is 5.76 Å². The van der Waals surface area contributed by atoms with E-state index in [1.807, 2.05) is 6.07 Å². The summed E-state index contributed by atoms with van der Waals surface area (Å²) in [5.74, 6) is 0.434. The van der Waals surface area contributed by atoms with Gasteiger partial charge in [0.05, 0.1) is 19.4 Å². The molecule has 2 saturated heterocycles. The fourth-order valence-corrected chi connectivity index (χ4v) is 3.72. The number of H-pyrrole nitrogens is 1. The number of ether oxygens (including phenoxy) is 2. The van der Waals surface area contributed by atoms with Crippen molar-refractivity contribution in [1.29, 1.82) is 0 Å². The quantitative estimate of drug-likeness (QED) is 0.784. The van der Waals surface area contributed by atoms with Gasteiger partial charge in [-0.3, -0.25) is 9.51 Å². The standard InChI is InChI=1S/C18H24N4O4/c23-17-20-16(21-26-17)15-3-2-14(12-19-15)25-10-1-7-22-8-4-18(5-9-22)6-11-24-13-18/h2-3,12H,1,4-11,13H2,(H,20,21,23). The third kappa shape index (κ3) is 3.96. The zero-order valence-electron chi connectivity index (χ0n) is 14.8. The lowest BCUT2D eigenvalue weighted by molar-refractivity contribution is 0.0781. The van der Waals surface area contributed by atoms with Crippen LogP contribution in [0.4, 0.5) is 0 Å². The van der Waals surface area contributed by atoms with Gasteiger partial charge in [0.1, 0.15) is 11.4 Å². The number of hydrogen-bond donors (Lipinski definition) is 1. The van der Waals surface area contributed by atoms with Crippen molar-refractivity contribution in [3.63, 3.8) is 0 Å². The molecule has 2 aromatic heterocycles. The highest BCUT2D eigenvalue weighted by molar-refractivity contribution is 5.48. The average molecular weight is 360 g/mol. The molecule has 1 N–H and O–H groups in total. The first-order chi connectivity index (χ1) is 12.7. The van der Waals surface area contributed by atoms with Crippen molar-refractivity contribution in [3.05, 3.63) is 28.9 Å². The molecule has 0 aliphatic carbocycles. The second kappa shape index (κ2) is 7.59. The van der Waals surface area contributed by atoms with E-state index in [4.69, 9.17) is 9.47 Å². The van der Waals surface area contributed by atoms with E-state index in [0.29, 0.717) is 29.3 Å². The normalized spacial score (nSPS) is 19.8. The first kappa shape index (κ1) is 17.2. The van der Waals surface area contributed by atoms with Crippen molar-refractivity contribution in [2.75, 3.05) is 39.5 Å². The summed E-state index contributed by atoms with van der Waals surface area (Å²) < 4.78 is 15.8. The van der Waals surface area contributed by atoms with E-state index in [9.17, 15) is 4.79 Å². The number of hydrogen-bond acceptors (Lipinski definition) is 7. The largest absolute Gasteiger partial charge is 0.492 e. The van der Waals surface area contributed by atoms with E-state index in [0.717, 1.165) is 39.3 Å². The number of nitrogens with zero attached hydrogens (tertiary/aromatic N) is 3. The number of nitrogens with one attached hydrogen (secondary N) is 1. The van der Waals surface area contributed by atoms with Crippen molar-refractivity contribution >= 4 is 0 Å². The van der Waals surface area contributed by atoms with Crippen LogP contribution in [0.5, 0.6) is 5.75 Å². The van der Waals surface area contributed by atoms with Crippen LogP contribution in [0.2, 0.25) is 0 Å². The van der Waals surface area contributed by atoms with Crippen LogP contribution in [0.15, 0.2) is 27.6 Å². The third-order valence-corrected chi connectivity index (χ3v) is 5.41. The van der Waals surface area contributed by atoms with Gasteiger partial charge >= 0.3 is 5.76 Å². The summed E-state index contributed by atoms with van der Waals surface area (Å²) in [5.41, 5.74) is 1.01. The summed E-state index contributed by atoms with van der Waals surface area (Å²) in [4.78, 5) is 20.2. The molecule has 0 bridgehead atoms. The molecule has 2 aliphatic rings. The topological polar surface area (TPSA) is 93.5 Å². The summed E-state index contributed by atoms with van der Waals surface area (Å²) in [6.45, 7) is 5.93. The second-order valence-corrected chi connectivity index (χ2v) is 7.17. The Balaban J connectivity index is 1.18. The highest BCUT2D eigenvalue weighted by Crippen LogP contribution is 2.38. The number of pyridine rings is 1. The molecule has 0 amide bonds. The Kier molecular flexibility index (Phi) is 5.03. The maximum Gasteiger partial charge on any atom is 0.439 e. The molecule has 2 aromatic rings. The molecule has 0 atom stereocenters. The zero-order valence-corrected chi connectivity index (χ0v) is 14.8. The molecule has 0 aromatic carbocycles. The van der Waals surface area contributed by atoms with Gasteiger partial charge in [0.15, 0.2) is 0 Å². The van der Waals surface area contributed by atoms with Crippen LogP contribution < -0.4 is 10.5 Å². The molecule has 8 heteroatoms.